The summed E-state index contributed by atoms with van der Waals surface area (Å²) in [5, 5.41) is 0. The van der Waals surface area contributed by atoms with Crippen molar-refractivity contribution in [2.45, 2.75) is 26.3 Å². The van der Waals surface area contributed by atoms with Crippen molar-refractivity contribution < 1.29 is 9.53 Å². The zero-order valence-corrected chi connectivity index (χ0v) is 7.76. The molecule has 0 spiro atoms. The average molecular weight is 159 g/mol. The second-order valence-corrected chi connectivity index (χ2v) is 2.70. The van der Waals surface area contributed by atoms with Crippen molar-refractivity contribution in [1.29, 1.82) is 0 Å². The number of carbonyl (C=O) groups is 1. The summed E-state index contributed by atoms with van der Waals surface area (Å²) in [5.41, 5.74) is 0. The van der Waals surface area contributed by atoms with Crippen LogP contribution in [0.25, 0.3) is 0 Å². The molecule has 0 aliphatic rings. The monoisotopic (exact) mass is 159 g/mol. The highest BCUT2D eigenvalue weighted by molar-refractivity contribution is 5.69. The molecule has 0 aromatic heterocycles. The van der Waals surface area contributed by atoms with Gasteiger partial charge in [-0.15, -0.1) is 0 Å². The number of methoxy groups -OCH3 is 1. The fraction of sp³-hybridized carbons (Fsp3) is 0.875. The van der Waals surface area contributed by atoms with Crippen LogP contribution in [-0.4, -0.2) is 37.6 Å². The summed E-state index contributed by atoms with van der Waals surface area (Å²) < 4.78 is 4.55. The van der Waals surface area contributed by atoms with Gasteiger partial charge in [-0.1, -0.05) is 6.92 Å². The minimum absolute atomic E-state index is 0.141. The van der Waals surface area contributed by atoms with E-state index in [9.17, 15) is 4.79 Å². The van der Waals surface area contributed by atoms with E-state index in [4.69, 9.17) is 0 Å². The minimum Gasteiger partial charge on any atom is -0.469 e. The largest absolute Gasteiger partial charge is 0.469 e. The Morgan fingerprint density at radius 3 is 2.55 bits per heavy atom. The van der Waals surface area contributed by atoms with E-state index >= 15 is 0 Å². The summed E-state index contributed by atoms with van der Waals surface area (Å²) in [6.45, 7) is 5.03. The third kappa shape index (κ3) is 3.98. The van der Waals surface area contributed by atoms with Gasteiger partial charge >= 0.3 is 5.97 Å². The van der Waals surface area contributed by atoms with Gasteiger partial charge < -0.3 is 9.64 Å². The summed E-state index contributed by atoms with van der Waals surface area (Å²) in [7, 11) is 3.41. The molecule has 0 aromatic carbocycles. The highest BCUT2D eigenvalue weighted by Gasteiger charge is 2.11. The van der Waals surface area contributed by atoms with Crippen molar-refractivity contribution in [3.05, 3.63) is 0 Å². The molecule has 66 valence electrons. The molecule has 0 bridgehead atoms. The van der Waals surface area contributed by atoms with Crippen molar-refractivity contribution in [3.8, 4) is 0 Å². The lowest BCUT2D eigenvalue weighted by Gasteiger charge is -2.21. The maximum atomic E-state index is 10.8. The first kappa shape index (κ1) is 10.4. The predicted octanol–water partition coefficient (Wildman–Crippen LogP) is 0.890. The first-order valence-electron chi connectivity index (χ1n) is 3.88. The summed E-state index contributed by atoms with van der Waals surface area (Å²) in [6, 6.07) is 0.271. The normalized spacial score (nSPS) is 13.2. The third-order valence-electron chi connectivity index (χ3n) is 1.94. The molecule has 3 nitrogen and oxygen atoms in total. The van der Waals surface area contributed by atoms with Gasteiger partial charge in [-0.25, -0.2) is 0 Å². The Labute approximate surface area is 68.3 Å². The molecule has 0 radical (unpaired) electrons. The highest BCUT2D eigenvalue weighted by Crippen LogP contribution is 2.00. The van der Waals surface area contributed by atoms with Crippen LogP contribution in [0.15, 0.2) is 0 Å². The van der Waals surface area contributed by atoms with Crippen LogP contribution in [0.2, 0.25) is 0 Å². The van der Waals surface area contributed by atoms with Crippen LogP contribution in [-0.2, 0) is 9.53 Å². The van der Waals surface area contributed by atoms with Crippen LogP contribution in [0.5, 0.6) is 0 Å². The van der Waals surface area contributed by atoms with E-state index in [1.807, 2.05) is 14.0 Å². The number of ether oxygens (including phenoxy) is 1. The highest BCUT2D eigenvalue weighted by atomic mass is 16.5. The third-order valence-corrected chi connectivity index (χ3v) is 1.94. The van der Waals surface area contributed by atoms with Crippen LogP contribution >= 0.6 is 0 Å². The van der Waals surface area contributed by atoms with E-state index in [2.05, 4.69) is 16.6 Å². The molecular weight excluding hydrogens is 142 g/mol. The molecule has 1 atom stereocenters. The lowest BCUT2D eigenvalue weighted by molar-refractivity contribution is -0.141. The second-order valence-electron chi connectivity index (χ2n) is 2.70. The van der Waals surface area contributed by atoms with Gasteiger partial charge in [0.1, 0.15) is 0 Å². The number of carbonyl (C=O) groups excluding carboxylic acids is 1. The molecule has 0 heterocycles. The van der Waals surface area contributed by atoms with E-state index in [0.717, 1.165) is 6.54 Å². The molecule has 0 saturated heterocycles. The van der Waals surface area contributed by atoms with E-state index in [-0.39, 0.29) is 12.0 Å². The molecule has 0 aliphatic heterocycles. The molecule has 0 amide bonds. The summed E-state index contributed by atoms with van der Waals surface area (Å²) in [6.07, 6.45) is 0.473. The molecule has 0 N–H and O–H groups in total. The zero-order chi connectivity index (χ0) is 8.85. The molecule has 1 unspecified atom stereocenters. The molecular formula is C8H17NO2. The van der Waals surface area contributed by atoms with Gasteiger partial charge in [0.15, 0.2) is 0 Å². The maximum absolute atomic E-state index is 10.8. The number of esters is 1. The van der Waals surface area contributed by atoms with Crippen molar-refractivity contribution in [2.75, 3.05) is 20.7 Å². The fourth-order valence-corrected chi connectivity index (χ4v) is 0.792. The van der Waals surface area contributed by atoms with Gasteiger partial charge in [-0.05, 0) is 20.5 Å². The van der Waals surface area contributed by atoms with Crippen molar-refractivity contribution in [2.24, 2.45) is 0 Å². The van der Waals surface area contributed by atoms with Gasteiger partial charge in [0.05, 0.1) is 13.5 Å². The minimum atomic E-state index is -0.141. The summed E-state index contributed by atoms with van der Waals surface area (Å²) in [5.74, 6) is -0.141. The van der Waals surface area contributed by atoms with E-state index < -0.39 is 0 Å². The van der Waals surface area contributed by atoms with E-state index in [1.165, 1.54) is 7.11 Å². The van der Waals surface area contributed by atoms with Crippen LogP contribution in [0.1, 0.15) is 20.3 Å². The van der Waals surface area contributed by atoms with Gasteiger partial charge in [-0.2, -0.15) is 0 Å². The summed E-state index contributed by atoms with van der Waals surface area (Å²) >= 11 is 0. The molecule has 0 fully saturated rings. The standard InChI is InChI=1S/C8H17NO2/c1-5-9(3)7(2)6-8(10)11-4/h7H,5-6H2,1-4H3. The molecule has 0 saturated carbocycles. The zero-order valence-electron chi connectivity index (χ0n) is 7.76. The van der Waals surface area contributed by atoms with Crippen LogP contribution in [0, 0.1) is 0 Å². The predicted molar refractivity (Wildman–Crippen MR) is 44.4 cm³/mol. The lowest BCUT2D eigenvalue weighted by Crippen LogP contribution is -2.31. The van der Waals surface area contributed by atoms with Crippen LogP contribution in [0.4, 0.5) is 0 Å². The van der Waals surface area contributed by atoms with Crippen molar-refractivity contribution in [1.82, 2.24) is 4.90 Å². The average Bonchev–Trinajstić information content (AvgIpc) is 2.02. The molecule has 3 heteroatoms. The lowest BCUT2D eigenvalue weighted by atomic mass is 10.2. The van der Waals surface area contributed by atoms with Gasteiger partial charge in [0.2, 0.25) is 0 Å². The Morgan fingerprint density at radius 2 is 2.18 bits per heavy atom. The number of rotatable bonds is 4. The Hall–Kier alpha value is -0.570. The maximum Gasteiger partial charge on any atom is 0.307 e. The SMILES string of the molecule is CCN(C)C(C)CC(=O)OC. The fourth-order valence-electron chi connectivity index (χ4n) is 0.792. The quantitative estimate of drug-likeness (QED) is 0.570. The first-order chi connectivity index (χ1) is 5.11. The summed E-state index contributed by atoms with van der Waals surface area (Å²) in [4.78, 5) is 12.9. The van der Waals surface area contributed by atoms with Gasteiger partial charge in [0, 0.05) is 6.04 Å². The Morgan fingerprint density at radius 1 is 1.64 bits per heavy atom. The molecule has 0 rings (SSSR count). The molecule has 0 aliphatic carbocycles. The Kier molecular flexibility index (Phi) is 4.86. The number of nitrogens with zero attached hydrogens (tertiary/aromatic N) is 1. The smallest absolute Gasteiger partial charge is 0.307 e. The van der Waals surface area contributed by atoms with Crippen molar-refractivity contribution in [3.63, 3.8) is 0 Å². The molecule has 11 heavy (non-hydrogen) atoms. The van der Waals surface area contributed by atoms with Crippen molar-refractivity contribution >= 4 is 5.97 Å². The first-order valence-corrected chi connectivity index (χ1v) is 3.88. The Bertz CT molecular complexity index is 125. The van der Waals surface area contributed by atoms with Crippen LogP contribution < -0.4 is 0 Å². The topological polar surface area (TPSA) is 29.5 Å². The Balaban J connectivity index is 3.67. The van der Waals surface area contributed by atoms with Gasteiger partial charge in [-0.3, -0.25) is 4.79 Å². The molecule has 0 aromatic rings. The van der Waals surface area contributed by atoms with Gasteiger partial charge in [0.25, 0.3) is 0 Å². The van der Waals surface area contributed by atoms with E-state index in [0.29, 0.717) is 6.42 Å². The van der Waals surface area contributed by atoms with E-state index in [1.54, 1.807) is 0 Å². The number of hydrogen-bond acceptors (Lipinski definition) is 3. The number of hydrogen-bond donors (Lipinski definition) is 0. The second kappa shape index (κ2) is 5.13. The van der Waals surface area contributed by atoms with Crippen LogP contribution in [0.3, 0.4) is 0 Å².